The molecule has 1 saturated heterocycles. The van der Waals surface area contributed by atoms with Crippen LogP contribution < -0.4 is 16.2 Å². The summed E-state index contributed by atoms with van der Waals surface area (Å²) >= 11 is 0. The Morgan fingerprint density at radius 3 is 2.56 bits per heavy atom. The summed E-state index contributed by atoms with van der Waals surface area (Å²) in [4.78, 5) is 32.0. The lowest BCUT2D eigenvalue weighted by atomic mass is 10.0. The van der Waals surface area contributed by atoms with Gasteiger partial charge < -0.3 is 25.6 Å². The summed E-state index contributed by atoms with van der Waals surface area (Å²) in [5, 5.41) is 19.0. The zero-order valence-electron chi connectivity index (χ0n) is 19.5. The molecule has 0 unspecified atom stereocenters. The van der Waals surface area contributed by atoms with Crippen LogP contribution in [0.15, 0.2) is 71.7 Å². The number of carbonyl (C=O) groups excluding carboxylic acids is 1. The second-order valence-corrected chi connectivity index (χ2v) is 8.74. The number of nitrogen functional groups attached to an aromatic ring is 1. The summed E-state index contributed by atoms with van der Waals surface area (Å²) < 4.78 is 9.03. The average molecular weight is 490 g/mol. The number of ether oxygens (including phenoxy) is 1. The number of aromatic nitrogens is 3. The van der Waals surface area contributed by atoms with Crippen LogP contribution in [0.3, 0.4) is 0 Å². The van der Waals surface area contributed by atoms with Crippen LogP contribution in [0.25, 0.3) is 16.7 Å². The van der Waals surface area contributed by atoms with Gasteiger partial charge in [0.2, 0.25) is 0 Å². The molecule has 1 fully saturated rings. The third-order valence-electron chi connectivity index (χ3n) is 6.42. The highest BCUT2D eigenvalue weighted by Gasteiger charge is 2.31. The van der Waals surface area contributed by atoms with Crippen molar-refractivity contribution in [2.24, 2.45) is 0 Å². The van der Waals surface area contributed by atoms with E-state index in [1.807, 2.05) is 30.3 Å². The van der Waals surface area contributed by atoms with Gasteiger partial charge in [0.15, 0.2) is 6.10 Å². The summed E-state index contributed by atoms with van der Waals surface area (Å²) in [7, 11) is 0. The molecule has 2 aromatic carbocycles. The molecule has 3 heterocycles. The molecule has 1 aliphatic rings. The van der Waals surface area contributed by atoms with E-state index in [4.69, 9.17) is 10.5 Å². The summed E-state index contributed by atoms with van der Waals surface area (Å²) in [5.41, 5.74) is 7.63. The number of aliphatic hydroxyl groups is 2. The van der Waals surface area contributed by atoms with Crippen molar-refractivity contribution in [1.29, 1.82) is 0 Å². The minimum absolute atomic E-state index is 0.215. The predicted octanol–water partition coefficient (Wildman–Crippen LogP) is 2.08. The number of nitrogens with two attached hydrogens (primary N) is 1. The fraction of sp³-hybridized carbons (Fsp3) is 0.269. The predicted molar refractivity (Wildman–Crippen MR) is 134 cm³/mol. The molecule has 10 nitrogen and oxygen atoms in total. The number of rotatable bonds is 6. The van der Waals surface area contributed by atoms with Crippen LogP contribution in [-0.2, 0) is 4.79 Å². The smallest absolute Gasteiger partial charge is 0.334 e. The molecule has 4 N–H and O–H groups in total. The van der Waals surface area contributed by atoms with Crippen LogP contribution >= 0.6 is 0 Å². The van der Waals surface area contributed by atoms with Gasteiger partial charge in [-0.1, -0.05) is 18.2 Å². The van der Waals surface area contributed by atoms with Crippen molar-refractivity contribution in [2.75, 3.05) is 25.4 Å². The third kappa shape index (κ3) is 4.32. The first-order valence-electron chi connectivity index (χ1n) is 11.8. The highest BCUT2D eigenvalue weighted by Crippen LogP contribution is 2.29. The molecule has 4 aromatic rings. The summed E-state index contributed by atoms with van der Waals surface area (Å²) in [6, 6.07) is 17.9. The van der Waals surface area contributed by atoms with E-state index in [1.165, 1.54) is 9.47 Å². The highest BCUT2D eigenvalue weighted by molar-refractivity contribution is 5.87. The van der Waals surface area contributed by atoms with Crippen LogP contribution in [-0.4, -0.2) is 60.9 Å². The van der Waals surface area contributed by atoms with Gasteiger partial charge in [-0.15, -0.1) is 0 Å². The van der Waals surface area contributed by atoms with Gasteiger partial charge in [-0.3, -0.25) is 13.9 Å². The maximum Gasteiger partial charge on any atom is 0.334 e. The zero-order valence-corrected chi connectivity index (χ0v) is 19.5. The van der Waals surface area contributed by atoms with Crippen LogP contribution in [0, 0.1) is 0 Å². The molecule has 10 heteroatoms. The Morgan fingerprint density at radius 1 is 1.11 bits per heavy atom. The second-order valence-electron chi connectivity index (χ2n) is 8.74. The number of imidazole rings is 1. The van der Waals surface area contributed by atoms with Crippen molar-refractivity contribution in [2.45, 2.75) is 25.0 Å². The van der Waals surface area contributed by atoms with Gasteiger partial charge in [0, 0.05) is 19.3 Å². The van der Waals surface area contributed by atoms with Crippen LogP contribution in [0.4, 0.5) is 5.82 Å². The van der Waals surface area contributed by atoms with E-state index in [0.717, 1.165) is 0 Å². The molecular formula is C26H27N5O5. The fourth-order valence-corrected chi connectivity index (χ4v) is 4.72. The van der Waals surface area contributed by atoms with Gasteiger partial charge in [0.25, 0.3) is 5.91 Å². The number of carbonyl (C=O) groups is 1. The molecule has 0 saturated carbocycles. The number of para-hydroxylation sites is 1. The normalized spacial score (nSPS) is 16.7. The standard InChI is InChI=1S/C26H27N5O5/c27-24-23-21(12-13-28-24)30(18-5-4-14-29(15-18)25(34)22(33)16-32)26(35)31(23)17-8-10-20(11-9-17)36-19-6-2-1-3-7-19/h1-3,6-13,18,22,32-33H,4-5,14-16H2,(H2,27,28)/t18-,22+/m1/s1. The lowest BCUT2D eigenvalue weighted by Crippen LogP contribution is -2.47. The first kappa shape index (κ1) is 23.6. The van der Waals surface area contributed by atoms with Gasteiger partial charge in [0.1, 0.15) is 22.8 Å². The molecule has 5 rings (SSSR count). The maximum atomic E-state index is 13.8. The summed E-state index contributed by atoms with van der Waals surface area (Å²) in [5.74, 6) is 0.994. The number of likely N-dealkylation sites (tertiary alicyclic amines) is 1. The van der Waals surface area contributed by atoms with Gasteiger partial charge >= 0.3 is 5.69 Å². The summed E-state index contributed by atoms with van der Waals surface area (Å²) in [6.07, 6.45) is 1.40. The SMILES string of the molecule is Nc1nccc2c1n(-c1ccc(Oc3ccccc3)cc1)c(=O)n2[C@@H]1CCCN(C(=O)[C@@H](O)CO)C1. The Morgan fingerprint density at radius 2 is 1.83 bits per heavy atom. The number of anilines is 1. The first-order chi connectivity index (χ1) is 17.5. The Hall–Kier alpha value is -4.15. The van der Waals surface area contributed by atoms with Crippen molar-refractivity contribution in [3.05, 3.63) is 77.3 Å². The van der Waals surface area contributed by atoms with Gasteiger partial charge in [-0.2, -0.15) is 0 Å². The minimum atomic E-state index is -1.47. The number of hydrogen-bond donors (Lipinski definition) is 3. The van der Waals surface area contributed by atoms with Gasteiger partial charge in [-0.05, 0) is 55.3 Å². The maximum absolute atomic E-state index is 13.8. The number of pyridine rings is 1. The molecule has 2 aromatic heterocycles. The highest BCUT2D eigenvalue weighted by atomic mass is 16.5. The van der Waals surface area contributed by atoms with Crippen LogP contribution in [0.2, 0.25) is 0 Å². The fourth-order valence-electron chi connectivity index (χ4n) is 4.72. The Balaban J connectivity index is 1.53. The Kier molecular flexibility index (Phi) is 6.45. The minimum Gasteiger partial charge on any atom is -0.457 e. The van der Waals surface area contributed by atoms with E-state index in [-0.39, 0.29) is 24.1 Å². The number of hydrogen-bond acceptors (Lipinski definition) is 7. The Labute approximate surface area is 206 Å². The summed E-state index contributed by atoms with van der Waals surface area (Å²) in [6.45, 7) is 0.0405. The molecule has 36 heavy (non-hydrogen) atoms. The largest absolute Gasteiger partial charge is 0.457 e. The van der Waals surface area contributed by atoms with E-state index in [0.29, 0.717) is 47.6 Å². The lowest BCUT2D eigenvalue weighted by molar-refractivity contribution is -0.143. The lowest BCUT2D eigenvalue weighted by Gasteiger charge is -2.34. The van der Waals surface area contributed by atoms with Crippen molar-refractivity contribution in [3.63, 3.8) is 0 Å². The van der Waals surface area contributed by atoms with E-state index in [2.05, 4.69) is 4.98 Å². The number of nitrogens with zero attached hydrogens (tertiary/aromatic N) is 4. The number of benzene rings is 2. The van der Waals surface area contributed by atoms with Crippen molar-refractivity contribution < 1.29 is 19.7 Å². The molecule has 1 aliphatic heterocycles. The number of aliphatic hydroxyl groups excluding tert-OH is 2. The van der Waals surface area contributed by atoms with Crippen molar-refractivity contribution in [1.82, 2.24) is 19.0 Å². The molecular weight excluding hydrogens is 462 g/mol. The first-order valence-corrected chi connectivity index (χ1v) is 11.8. The van der Waals surface area contributed by atoms with E-state index in [9.17, 15) is 19.8 Å². The topological polar surface area (TPSA) is 136 Å². The number of piperidine rings is 1. The quantitative estimate of drug-likeness (QED) is 0.377. The number of fused-ring (bicyclic) bond motifs is 1. The van der Waals surface area contributed by atoms with E-state index >= 15 is 0 Å². The molecule has 186 valence electrons. The molecule has 1 amide bonds. The van der Waals surface area contributed by atoms with Gasteiger partial charge in [-0.25, -0.2) is 9.78 Å². The van der Waals surface area contributed by atoms with Crippen molar-refractivity contribution >= 4 is 22.8 Å². The van der Waals surface area contributed by atoms with Crippen molar-refractivity contribution in [3.8, 4) is 17.2 Å². The monoisotopic (exact) mass is 489 g/mol. The third-order valence-corrected chi connectivity index (χ3v) is 6.42. The Bertz CT molecular complexity index is 1430. The van der Waals surface area contributed by atoms with E-state index in [1.54, 1.807) is 41.1 Å². The molecule has 0 bridgehead atoms. The zero-order chi connectivity index (χ0) is 25.2. The van der Waals surface area contributed by atoms with Crippen LogP contribution in [0.1, 0.15) is 18.9 Å². The molecule has 0 spiro atoms. The molecule has 0 radical (unpaired) electrons. The molecule has 2 atom stereocenters. The van der Waals surface area contributed by atoms with Gasteiger partial charge in [0.05, 0.1) is 23.9 Å². The van der Waals surface area contributed by atoms with Crippen LogP contribution in [0.5, 0.6) is 11.5 Å². The van der Waals surface area contributed by atoms with E-state index < -0.39 is 18.6 Å². The second kappa shape index (κ2) is 9.84. The average Bonchev–Trinajstić information content (AvgIpc) is 3.22. The molecule has 0 aliphatic carbocycles. The number of amides is 1.